The van der Waals surface area contributed by atoms with Crippen molar-refractivity contribution in [2.75, 3.05) is 0 Å². The quantitative estimate of drug-likeness (QED) is 0.784. The first-order valence-corrected chi connectivity index (χ1v) is 8.57. The topological polar surface area (TPSA) is 92.4 Å². The molecule has 0 radical (unpaired) electrons. The van der Waals surface area contributed by atoms with E-state index in [0.29, 0.717) is 12.8 Å². The van der Waals surface area contributed by atoms with Crippen LogP contribution in [-0.2, 0) is 4.79 Å². The fourth-order valence-corrected chi connectivity index (χ4v) is 3.31. The van der Waals surface area contributed by atoms with Crippen LogP contribution in [-0.4, -0.2) is 28.2 Å². The monoisotopic (exact) mass is 322 g/mol. The molecule has 6 heteroatoms. The molecule has 6 nitrogen and oxygen atoms in total. The Morgan fingerprint density at radius 2 is 2.00 bits per heavy atom. The zero-order chi connectivity index (χ0) is 16.8. The largest absolute Gasteiger partial charge is 0.481 e. The average Bonchev–Trinajstić information content (AvgIpc) is 2.89. The molecular formula is C17H26N2O4. The lowest BCUT2D eigenvalue weighted by molar-refractivity contribution is -0.142. The number of carboxylic acid groups (broad SMARTS) is 1. The van der Waals surface area contributed by atoms with Crippen LogP contribution in [0.3, 0.4) is 0 Å². The molecule has 1 aromatic heterocycles. The van der Waals surface area contributed by atoms with Gasteiger partial charge in [-0.15, -0.1) is 0 Å². The molecule has 128 valence electrons. The minimum Gasteiger partial charge on any atom is -0.481 e. The highest BCUT2D eigenvalue weighted by Gasteiger charge is 2.31. The van der Waals surface area contributed by atoms with Crippen molar-refractivity contribution in [2.24, 2.45) is 5.92 Å². The van der Waals surface area contributed by atoms with Gasteiger partial charge >= 0.3 is 5.97 Å². The number of aliphatic carboxylic acids is 1. The summed E-state index contributed by atoms with van der Waals surface area (Å²) in [5, 5.41) is 16.2. The van der Waals surface area contributed by atoms with Crippen molar-refractivity contribution in [3.05, 3.63) is 17.5 Å². The summed E-state index contributed by atoms with van der Waals surface area (Å²) in [7, 11) is 0. The van der Waals surface area contributed by atoms with Crippen molar-refractivity contribution >= 4 is 11.9 Å². The van der Waals surface area contributed by atoms with Crippen LogP contribution in [0.25, 0.3) is 0 Å². The Morgan fingerprint density at radius 1 is 1.30 bits per heavy atom. The van der Waals surface area contributed by atoms with Crippen LogP contribution in [0, 0.1) is 5.92 Å². The molecule has 1 aliphatic carbocycles. The van der Waals surface area contributed by atoms with Gasteiger partial charge in [0, 0.05) is 18.0 Å². The lowest BCUT2D eigenvalue weighted by Crippen LogP contribution is -2.42. The Bertz CT molecular complexity index is 536. The van der Waals surface area contributed by atoms with Crippen molar-refractivity contribution < 1.29 is 19.2 Å². The number of hydrogen-bond acceptors (Lipinski definition) is 4. The van der Waals surface area contributed by atoms with Gasteiger partial charge in [0.15, 0.2) is 0 Å². The van der Waals surface area contributed by atoms with E-state index in [-0.39, 0.29) is 23.6 Å². The molecule has 0 saturated heterocycles. The molecule has 2 N–H and O–H groups in total. The van der Waals surface area contributed by atoms with Gasteiger partial charge in [-0.25, -0.2) is 0 Å². The molecule has 0 spiro atoms. The first-order valence-electron chi connectivity index (χ1n) is 8.57. The summed E-state index contributed by atoms with van der Waals surface area (Å²) in [4.78, 5) is 23.8. The van der Waals surface area contributed by atoms with Crippen LogP contribution in [0.2, 0.25) is 0 Å². The van der Waals surface area contributed by atoms with E-state index in [0.717, 1.165) is 37.8 Å². The predicted molar refractivity (Wildman–Crippen MR) is 85.3 cm³/mol. The van der Waals surface area contributed by atoms with Crippen LogP contribution < -0.4 is 5.32 Å². The summed E-state index contributed by atoms with van der Waals surface area (Å²) >= 11 is 0. The fourth-order valence-electron chi connectivity index (χ4n) is 3.31. The third-order valence-corrected chi connectivity index (χ3v) is 4.81. The number of rotatable bonds is 6. The number of carbonyl (C=O) groups is 2. The minimum absolute atomic E-state index is 0.167. The lowest BCUT2D eigenvalue weighted by atomic mass is 9.94. The van der Waals surface area contributed by atoms with E-state index in [9.17, 15) is 14.7 Å². The number of amides is 1. The highest BCUT2D eigenvalue weighted by molar-refractivity contribution is 5.92. The third-order valence-electron chi connectivity index (χ3n) is 4.81. The van der Waals surface area contributed by atoms with Gasteiger partial charge in [-0.05, 0) is 25.7 Å². The Hall–Kier alpha value is -1.85. The van der Waals surface area contributed by atoms with Gasteiger partial charge in [-0.3, -0.25) is 9.59 Å². The standard InChI is InChI=1S/C17H26N2O4/c1-3-11(4-2)14-10-15(23-19-14)16(20)18-13-9-7-5-6-8-12(13)17(21)22/h10-13H,3-9H2,1-2H3,(H,18,20)(H,21,22)/t12-,13+/m1/s1. The van der Waals surface area contributed by atoms with Crippen LogP contribution >= 0.6 is 0 Å². The summed E-state index contributed by atoms with van der Waals surface area (Å²) in [6.45, 7) is 4.15. The van der Waals surface area contributed by atoms with E-state index < -0.39 is 11.9 Å². The van der Waals surface area contributed by atoms with Gasteiger partial charge in [0.2, 0.25) is 5.76 Å². The zero-order valence-electron chi connectivity index (χ0n) is 13.9. The van der Waals surface area contributed by atoms with Crippen molar-refractivity contribution in [1.82, 2.24) is 10.5 Å². The first-order chi connectivity index (χ1) is 11.1. The maximum atomic E-state index is 12.4. The van der Waals surface area contributed by atoms with Crippen LogP contribution in [0.5, 0.6) is 0 Å². The molecule has 23 heavy (non-hydrogen) atoms. The van der Waals surface area contributed by atoms with Crippen LogP contribution in [0.15, 0.2) is 10.6 Å². The van der Waals surface area contributed by atoms with E-state index in [2.05, 4.69) is 24.3 Å². The summed E-state index contributed by atoms with van der Waals surface area (Å²) < 4.78 is 5.17. The second-order valence-corrected chi connectivity index (χ2v) is 6.29. The molecule has 1 saturated carbocycles. The van der Waals surface area contributed by atoms with Gasteiger partial charge in [-0.2, -0.15) is 0 Å². The van der Waals surface area contributed by atoms with Gasteiger partial charge in [-0.1, -0.05) is 38.3 Å². The number of carboxylic acids is 1. The van der Waals surface area contributed by atoms with Crippen molar-refractivity contribution in [3.8, 4) is 0 Å². The third kappa shape index (κ3) is 4.33. The summed E-state index contributed by atoms with van der Waals surface area (Å²) in [6, 6.07) is 1.34. The minimum atomic E-state index is -0.840. The Kier molecular flexibility index (Phi) is 6.19. The molecule has 0 unspecified atom stereocenters. The molecule has 0 aliphatic heterocycles. The predicted octanol–water partition coefficient (Wildman–Crippen LogP) is 3.34. The lowest BCUT2D eigenvalue weighted by Gasteiger charge is -2.22. The number of nitrogens with one attached hydrogen (secondary N) is 1. The van der Waals surface area contributed by atoms with Gasteiger partial charge < -0.3 is 14.9 Å². The fraction of sp³-hybridized carbons (Fsp3) is 0.706. The van der Waals surface area contributed by atoms with E-state index in [1.165, 1.54) is 0 Å². The van der Waals surface area contributed by atoms with E-state index in [1.54, 1.807) is 6.07 Å². The number of carbonyl (C=O) groups excluding carboxylic acids is 1. The molecule has 0 aromatic carbocycles. The molecule has 1 heterocycles. The summed E-state index contributed by atoms with van der Waals surface area (Å²) in [5.74, 6) is -1.28. The van der Waals surface area contributed by atoms with Gasteiger partial charge in [0.1, 0.15) is 0 Å². The number of nitrogens with zero attached hydrogens (tertiary/aromatic N) is 1. The Labute approximate surface area is 136 Å². The van der Waals surface area contributed by atoms with Crippen molar-refractivity contribution in [3.63, 3.8) is 0 Å². The molecule has 1 amide bonds. The second kappa shape index (κ2) is 8.13. The van der Waals surface area contributed by atoms with Gasteiger partial charge in [0.25, 0.3) is 5.91 Å². The highest BCUT2D eigenvalue weighted by Crippen LogP contribution is 2.25. The molecule has 1 aromatic rings. The van der Waals surface area contributed by atoms with E-state index in [4.69, 9.17) is 4.52 Å². The highest BCUT2D eigenvalue weighted by atomic mass is 16.5. The van der Waals surface area contributed by atoms with Gasteiger partial charge in [0.05, 0.1) is 11.6 Å². The van der Waals surface area contributed by atoms with E-state index >= 15 is 0 Å². The zero-order valence-corrected chi connectivity index (χ0v) is 13.9. The smallest absolute Gasteiger partial charge is 0.308 e. The molecular weight excluding hydrogens is 296 g/mol. The van der Waals surface area contributed by atoms with Crippen molar-refractivity contribution in [2.45, 2.75) is 70.8 Å². The molecule has 1 aliphatic rings. The van der Waals surface area contributed by atoms with Crippen LogP contribution in [0.4, 0.5) is 0 Å². The Balaban J connectivity index is 2.06. The maximum Gasteiger partial charge on any atom is 0.308 e. The maximum absolute atomic E-state index is 12.4. The number of aromatic nitrogens is 1. The van der Waals surface area contributed by atoms with Crippen molar-refractivity contribution in [1.29, 1.82) is 0 Å². The molecule has 1 fully saturated rings. The second-order valence-electron chi connectivity index (χ2n) is 6.29. The number of hydrogen-bond donors (Lipinski definition) is 2. The Morgan fingerprint density at radius 3 is 2.65 bits per heavy atom. The summed E-state index contributed by atoms with van der Waals surface area (Å²) in [6.07, 6.45) is 6.01. The molecule has 0 bridgehead atoms. The normalized spacial score (nSPS) is 21.9. The SMILES string of the molecule is CCC(CC)c1cc(C(=O)N[C@H]2CCCCC[C@H]2C(=O)O)on1. The first kappa shape index (κ1) is 17.5. The van der Waals surface area contributed by atoms with Crippen LogP contribution in [0.1, 0.15) is 81.0 Å². The van der Waals surface area contributed by atoms with E-state index in [1.807, 2.05) is 0 Å². The molecule has 2 rings (SSSR count). The average molecular weight is 322 g/mol. The summed E-state index contributed by atoms with van der Waals surface area (Å²) in [5.41, 5.74) is 0.788. The molecule has 2 atom stereocenters.